The van der Waals surface area contributed by atoms with E-state index in [1.165, 1.54) is 36.4 Å². The Morgan fingerprint density at radius 2 is 1.47 bits per heavy atom. The molecule has 0 aliphatic rings. The van der Waals surface area contributed by atoms with Crippen molar-refractivity contribution in [1.29, 1.82) is 0 Å². The smallest absolute Gasteiger partial charge is 0.269 e. The van der Waals surface area contributed by atoms with Crippen LogP contribution in [-0.2, 0) is 9.84 Å². The summed E-state index contributed by atoms with van der Waals surface area (Å²) in [4.78, 5) is 23.9. The minimum Gasteiger partial charge on any atom is -0.455 e. The zero-order chi connectivity index (χ0) is 21.5. The Balaban J connectivity index is 1.99. The van der Waals surface area contributed by atoms with Gasteiger partial charge in [-0.2, -0.15) is 0 Å². The molecule has 0 saturated carbocycles. The monoisotopic (exact) mass is 421 g/mol. The van der Waals surface area contributed by atoms with E-state index in [1.54, 1.807) is 36.4 Å². The van der Waals surface area contributed by atoms with Crippen LogP contribution in [0, 0.1) is 10.1 Å². The lowest BCUT2D eigenvalue weighted by molar-refractivity contribution is -0.384. The zero-order valence-electron chi connectivity index (χ0n) is 15.7. The van der Waals surface area contributed by atoms with Crippen LogP contribution >= 0.6 is 0 Å². The number of sulfone groups is 1. The lowest BCUT2D eigenvalue weighted by Crippen LogP contribution is -2.07. The maximum atomic E-state index is 13.3. The quantitative estimate of drug-likeness (QED) is 0.356. The minimum absolute atomic E-state index is 0.0945. The van der Waals surface area contributed by atoms with Crippen molar-refractivity contribution in [2.75, 3.05) is 6.26 Å². The van der Waals surface area contributed by atoms with Crippen LogP contribution < -0.4 is 5.43 Å². The van der Waals surface area contributed by atoms with Crippen molar-refractivity contribution in [3.63, 3.8) is 0 Å². The molecular formula is C22H15NO6S. The zero-order valence-corrected chi connectivity index (χ0v) is 16.5. The summed E-state index contributed by atoms with van der Waals surface area (Å²) < 4.78 is 29.5. The van der Waals surface area contributed by atoms with E-state index >= 15 is 0 Å². The summed E-state index contributed by atoms with van der Waals surface area (Å²) >= 11 is 0. The molecule has 0 saturated heterocycles. The SMILES string of the molecule is CS(=O)(=O)c1ccc(-c2oc3ccccc3c(=O)c2-c2ccc([N+](=O)[O-])cc2)cc1. The third-order valence-corrected chi connectivity index (χ3v) is 5.84. The van der Waals surface area contributed by atoms with Crippen molar-refractivity contribution in [3.8, 4) is 22.5 Å². The highest BCUT2D eigenvalue weighted by atomic mass is 32.2. The molecule has 4 rings (SSSR count). The van der Waals surface area contributed by atoms with Crippen LogP contribution in [0.3, 0.4) is 0 Å². The first kappa shape index (κ1) is 19.5. The fraction of sp³-hybridized carbons (Fsp3) is 0.0455. The van der Waals surface area contributed by atoms with Crippen LogP contribution in [0.4, 0.5) is 5.69 Å². The molecule has 0 aliphatic heterocycles. The lowest BCUT2D eigenvalue weighted by atomic mass is 9.98. The highest BCUT2D eigenvalue weighted by molar-refractivity contribution is 7.90. The van der Waals surface area contributed by atoms with Crippen molar-refractivity contribution in [3.05, 3.63) is 93.1 Å². The Labute approximate surface area is 171 Å². The Morgan fingerprint density at radius 1 is 0.867 bits per heavy atom. The third-order valence-electron chi connectivity index (χ3n) is 4.71. The first-order valence-electron chi connectivity index (χ1n) is 8.87. The summed E-state index contributed by atoms with van der Waals surface area (Å²) in [5, 5.41) is 11.3. The Kier molecular flexibility index (Phi) is 4.71. The molecule has 1 heterocycles. The van der Waals surface area contributed by atoms with Gasteiger partial charge in [-0.1, -0.05) is 12.1 Å². The number of non-ortho nitro benzene ring substituents is 1. The fourth-order valence-electron chi connectivity index (χ4n) is 3.21. The standard InChI is InChI=1S/C22H15NO6S/c1-30(27,28)17-12-8-15(9-13-17)22-20(14-6-10-16(11-7-14)23(25)26)21(24)18-4-2-3-5-19(18)29-22/h2-13H,1H3. The van der Waals surface area contributed by atoms with E-state index in [1.807, 2.05) is 0 Å². The Morgan fingerprint density at radius 3 is 2.07 bits per heavy atom. The molecule has 0 unspecified atom stereocenters. The molecule has 0 amide bonds. The molecule has 0 fully saturated rings. The number of benzene rings is 3. The number of nitro benzene ring substituents is 1. The average molecular weight is 421 g/mol. The molecule has 0 atom stereocenters. The van der Waals surface area contributed by atoms with Gasteiger partial charge in [0, 0.05) is 24.0 Å². The number of fused-ring (bicyclic) bond motifs is 1. The summed E-state index contributed by atoms with van der Waals surface area (Å²) in [7, 11) is -3.38. The number of hydrogen-bond acceptors (Lipinski definition) is 6. The van der Waals surface area contributed by atoms with Crippen LogP contribution in [0.1, 0.15) is 0 Å². The molecule has 3 aromatic carbocycles. The van der Waals surface area contributed by atoms with Crippen LogP contribution in [0.5, 0.6) is 0 Å². The van der Waals surface area contributed by atoms with Gasteiger partial charge in [0.15, 0.2) is 9.84 Å². The van der Waals surface area contributed by atoms with Gasteiger partial charge in [-0.05, 0) is 54.1 Å². The molecule has 0 N–H and O–H groups in total. The lowest BCUT2D eigenvalue weighted by Gasteiger charge is -2.11. The molecule has 8 heteroatoms. The summed E-state index contributed by atoms with van der Waals surface area (Å²) in [6.07, 6.45) is 1.11. The molecule has 30 heavy (non-hydrogen) atoms. The largest absolute Gasteiger partial charge is 0.455 e. The second kappa shape index (κ2) is 7.23. The number of nitro groups is 1. The van der Waals surface area contributed by atoms with E-state index in [0.29, 0.717) is 22.1 Å². The van der Waals surface area contributed by atoms with Gasteiger partial charge in [-0.25, -0.2) is 8.42 Å². The van der Waals surface area contributed by atoms with Crippen molar-refractivity contribution in [2.45, 2.75) is 4.90 Å². The average Bonchev–Trinajstić information content (AvgIpc) is 2.73. The van der Waals surface area contributed by atoms with Crippen LogP contribution in [0.15, 0.2) is 86.9 Å². The number of nitrogens with zero attached hydrogens (tertiary/aromatic N) is 1. The van der Waals surface area contributed by atoms with Crippen molar-refractivity contribution < 1.29 is 17.8 Å². The van der Waals surface area contributed by atoms with E-state index in [-0.39, 0.29) is 27.3 Å². The molecule has 0 spiro atoms. The molecule has 4 aromatic rings. The maximum Gasteiger partial charge on any atom is 0.269 e. The van der Waals surface area contributed by atoms with Gasteiger partial charge < -0.3 is 4.42 Å². The van der Waals surface area contributed by atoms with E-state index in [9.17, 15) is 23.3 Å². The van der Waals surface area contributed by atoms with Gasteiger partial charge in [-0.3, -0.25) is 14.9 Å². The van der Waals surface area contributed by atoms with E-state index in [0.717, 1.165) is 6.26 Å². The molecule has 0 radical (unpaired) electrons. The summed E-state index contributed by atoms with van der Waals surface area (Å²) in [5.74, 6) is 0.257. The van der Waals surface area contributed by atoms with Gasteiger partial charge in [0.05, 0.1) is 20.8 Å². The highest BCUT2D eigenvalue weighted by Crippen LogP contribution is 2.33. The molecular weight excluding hydrogens is 406 g/mol. The van der Waals surface area contributed by atoms with Gasteiger partial charge in [-0.15, -0.1) is 0 Å². The predicted octanol–water partition coefficient (Wildman–Crippen LogP) is 4.44. The summed E-state index contributed by atoms with van der Waals surface area (Å²) in [6, 6.07) is 18.4. The van der Waals surface area contributed by atoms with Crippen molar-refractivity contribution in [1.82, 2.24) is 0 Å². The second-order valence-electron chi connectivity index (χ2n) is 6.73. The second-order valence-corrected chi connectivity index (χ2v) is 8.75. The Bertz CT molecular complexity index is 1440. The molecule has 150 valence electrons. The van der Waals surface area contributed by atoms with Gasteiger partial charge in [0.1, 0.15) is 11.3 Å². The van der Waals surface area contributed by atoms with Gasteiger partial charge in [0.2, 0.25) is 5.43 Å². The van der Waals surface area contributed by atoms with Gasteiger partial charge >= 0.3 is 0 Å². The normalized spacial score (nSPS) is 11.5. The number of para-hydroxylation sites is 1. The Hall–Kier alpha value is -3.78. The number of hydrogen-bond donors (Lipinski definition) is 0. The minimum atomic E-state index is -3.38. The molecule has 0 bridgehead atoms. The third kappa shape index (κ3) is 3.48. The first-order valence-corrected chi connectivity index (χ1v) is 10.8. The number of rotatable bonds is 4. The van der Waals surface area contributed by atoms with Crippen molar-refractivity contribution in [2.24, 2.45) is 0 Å². The van der Waals surface area contributed by atoms with Crippen LogP contribution in [0.2, 0.25) is 0 Å². The van der Waals surface area contributed by atoms with Gasteiger partial charge in [0.25, 0.3) is 5.69 Å². The summed E-state index contributed by atoms with van der Waals surface area (Å²) in [5.41, 5.74) is 1.22. The fourth-order valence-corrected chi connectivity index (χ4v) is 3.84. The van der Waals surface area contributed by atoms with E-state index in [2.05, 4.69) is 0 Å². The maximum absolute atomic E-state index is 13.3. The molecule has 1 aromatic heterocycles. The summed E-state index contributed by atoms with van der Waals surface area (Å²) in [6.45, 7) is 0. The van der Waals surface area contributed by atoms with Crippen LogP contribution in [0.25, 0.3) is 33.4 Å². The van der Waals surface area contributed by atoms with Crippen molar-refractivity contribution >= 4 is 26.5 Å². The molecule has 7 nitrogen and oxygen atoms in total. The van der Waals surface area contributed by atoms with Crippen LogP contribution in [-0.4, -0.2) is 19.6 Å². The highest BCUT2D eigenvalue weighted by Gasteiger charge is 2.19. The van der Waals surface area contributed by atoms with E-state index < -0.39 is 14.8 Å². The first-order chi connectivity index (χ1) is 14.3. The molecule has 0 aliphatic carbocycles. The predicted molar refractivity (Wildman–Crippen MR) is 113 cm³/mol. The topological polar surface area (TPSA) is 107 Å². The van der Waals surface area contributed by atoms with E-state index in [4.69, 9.17) is 4.42 Å².